The van der Waals surface area contributed by atoms with Crippen LogP contribution in [0.15, 0.2) is 143 Å². The third-order valence-electron chi connectivity index (χ3n) is 8.51. The van der Waals surface area contributed by atoms with E-state index in [1.165, 1.54) is 17.0 Å². The summed E-state index contributed by atoms with van der Waals surface area (Å²) in [6.45, 7) is 5.29. The van der Waals surface area contributed by atoms with Crippen LogP contribution in [-0.4, -0.2) is 43.8 Å². The van der Waals surface area contributed by atoms with Gasteiger partial charge in [-0.25, -0.2) is 8.42 Å². The minimum absolute atomic E-state index is 0.0411. The second kappa shape index (κ2) is 17.3. The maximum Gasteiger partial charge on any atom is 0.264 e. The molecule has 10 heteroatoms. The summed E-state index contributed by atoms with van der Waals surface area (Å²) >= 11 is 3.52. The Morgan fingerprint density at radius 2 is 1.39 bits per heavy atom. The number of hydrogen-bond donors (Lipinski definition) is 1. The molecular formula is C41H42BrN3O5S. The number of sulfonamides is 1. The highest BCUT2D eigenvalue weighted by atomic mass is 79.9. The minimum atomic E-state index is -4.24. The van der Waals surface area contributed by atoms with Crippen molar-refractivity contribution in [3.05, 3.63) is 155 Å². The summed E-state index contributed by atoms with van der Waals surface area (Å²) in [6.07, 6.45) is 0.939. The molecule has 0 heterocycles. The Kier molecular flexibility index (Phi) is 12.7. The van der Waals surface area contributed by atoms with E-state index in [4.69, 9.17) is 4.74 Å². The van der Waals surface area contributed by atoms with Gasteiger partial charge in [-0.2, -0.15) is 0 Å². The molecule has 0 aromatic heterocycles. The van der Waals surface area contributed by atoms with Crippen molar-refractivity contribution in [1.82, 2.24) is 10.2 Å². The molecule has 5 aromatic rings. The highest BCUT2D eigenvalue weighted by molar-refractivity contribution is 9.10. The van der Waals surface area contributed by atoms with Crippen molar-refractivity contribution < 1.29 is 22.7 Å². The summed E-state index contributed by atoms with van der Waals surface area (Å²) in [4.78, 5) is 30.3. The second-order valence-corrected chi connectivity index (χ2v) is 15.2. The van der Waals surface area contributed by atoms with Crippen LogP contribution in [0.25, 0.3) is 0 Å². The van der Waals surface area contributed by atoms with Gasteiger partial charge in [0, 0.05) is 23.5 Å². The summed E-state index contributed by atoms with van der Waals surface area (Å²) < 4.78 is 36.7. The van der Waals surface area contributed by atoms with E-state index in [-0.39, 0.29) is 35.5 Å². The number of carbonyl (C=O) groups is 2. The number of para-hydroxylation sites is 1. The average Bonchev–Trinajstić information content (AvgIpc) is 3.13. The molecule has 0 aliphatic heterocycles. The zero-order valence-electron chi connectivity index (χ0n) is 28.9. The number of anilines is 1. The van der Waals surface area contributed by atoms with Crippen LogP contribution in [0.1, 0.15) is 37.0 Å². The smallest absolute Gasteiger partial charge is 0.264 e. The van der Waals surface area contributed by atoms with Crippen molar-refractivity contribution in [2.24, 2.45) is 0 Å². The van der Waals surface area contributed by atoms with Crippen LogP contribution < -0.4 is 14.4 Å². The molecule has 264 valence electrons. The predicted molar refractivity (Wildman–Crippen MR) is 205 cm³/mol. The molecule has 0 aliphatic carbocycles. The van der Waals surface area contributed by atoms with Crippen LogP contribution in [0.3, 0.4) is 0 Å². The first-order valence-electron chi connectivity index (χ1n) is 16.8. The van der Waals surface area contributed by atoms with Gasteiger partial charge in [0.1, 0.15) is 24.1 Å². The van der Waals surface area contributed by atoms with Gasteiger partial charge in [-0.3, -0.25) is 13.9 Å². The third kappa shape index (κ3) is 10.1. The molecule has 5 aromatic carbocycles. The van der Waals surface area contributed by atoms with Gasteiger partial charge in [-0.1, -0.05) is 101 Å². The Balaban J connectivity index is 1.56. The second-order valence-electron chi connectivity index (χ2n) is 12.4. The fraction of sp³-hybridized carbons (Fsp3) is 0.220. The number of aryl methyl sites for hydroxylation is 1. The van der Waals surface area contributed by atoms with Crippen LogP contribution in [0.5, 0.6) is 11.5 Å². The van der Waals surface area contributed by atoms with Crippen LogP contribution in [0, 0.1) is 6.92 Å². The molecular weight excluding hydrogens is 726 g/mol. The van der Waals surface area contributed by atoms with Gasteiger partial charge in [-0.05, 0) is 92.1 Å². The van der Waals surface area contributed by atoms with Gasteiger partial charge in [-0.15, -0.1) is 0 Å². The molecule has 8 nitrogen and oxygen atoms in total. The molecule has 51 heavy (non-hydrogen) atoms. The number of carbonyl (C=O) groups excluding carboxylic acids is 2. The topological polar surface area (TPSA) is 96.0 Å². The molecule has 0 fully saturated rings. The summed E-state index contributed by atoms with van der Waals surface area (Å²) in [6, 6.07) is 38.3. The molecule has 1 N–H and O–H groups in total. The molecule has 0 saturated heterocycles. The first kappa shape index (κ1) is 37.3. The summed E-state index contributed by atoms with van der Waals surface area (Å²) in [7, 11) is -4.24. The number of halogens is 1. The Labute approximate surface area is 309 Å². The van der Waals surface area contributed by atoms with Crippen molar-refractivity contribution in [2.75, 3.05) is 10.8 Å². The Morgan fingerprint density at radius 1 is 0.784 bits per heavy atom. The highest BCUT2D eigenvalue weighted by Crippen LogP contribution is 2.29. The van der Waals surface area contributed by atoms with Crippen LogP contribution in [0.2, 0.25) is 0 Å². The fourth-order valence-corrected chi connectivity index (χ4v) is 7.36. The number of hydrogen-bond acceptors (Lipinski definition) is 5. The number of nitrogens with one attached hydrogen (secondary N) is 1. The van der Waals surface area contributed by atoms with Crippen molar-refractivity contribution in [1.29, 1.82) is 0 Å². The van der Waals surface area contributed by atoms with Crippen LogP contribution in [-0.2, 0) is 32.6 Å². The highest BCUT2D eigenvalue weighted by Gasteiger charge is 2.35. The van der Waals surface area contributed by atoms with Crippen LogP contribution >= 0.6 is 15.9 Å². The largest absolute Gasteiger partial charge is 0.457 e. The van der Waals surface area contributed by atoms with E-state index in [1.807, 2.05) is 106 Å². The van der Waals surface area contributed by atoms with Gasteiger partial charge in [0.15, 0.2) is 0 Å². The van der Waals surface area contributed by atoms with E-state index in [1.54, 1.807) is 36.4 Å². The molecule has 0 spiro atoms. The Hall–Kier alpha value is -4.93. The van der Waals surface area contributed by atoms with E-state index in [0.29, 0.717) is 17.9 Å². The van der Waals surface area contributed by atoms with E-state index in [0.717, 1.165) is 25.5 Å². The van der Waals surface area contributed by atoms with E-state index < -0.39 is 28.5 Å². The lowest BCUT2D eigenvalue weighted by atomic mass is 10.0. The summed E-state index contributed by atoms with van der Waals surface area (Å²) in [5.41, 5.74) is 2.82. The average molecular weight is 769 g/mol. The zero-order valence-corrected chi connectivity index (χ0v) is 31.3. The minimum Gasteiger partial charge on any atom is -0.457 e. The number of benzene rings is 5. The van der Waals surface area contributed by atoms with E-state index >= 15 is 0 Å². The van der Waals surface area contributed by atoms with Crippen molar-refractivity contribution in [2.45, 2.75) is 57.1 Å². The van der Waals surface area contributed by atoms with Gasteiger partial charge in [0.05, 0.1) is 10.6 Å². The molecule has 2 amide bonds. The third-order valence-corrected chi connectivity index (χ3v) is 10.8. The first-order chi connectivity index (χ1) is 24.5. The van der Waals surface area contributed by atoms with Crippen LogP contribution in [0.4, 0.5) is 5.69 Å². The quantitative estimate of drug-likeness (QED) is 0.116. The number of ether oxygens (including phenoxy) is 1. The number of rotatable bonds is 15. The van der Waals surface area contributed by atoms with Gasteiger partial charge in [0.25, 0.3) is 10.0 Å². The standard InChI is InChI=1S/C41H42BrN3O5S/c1-4-31(3)43-41(47)39(27-32-12-7-5-8-13-32)44(28-33-14-11-15-34(42)26-33)40(46)29-45(51(48,49)38-24-18-30(2)19-25-38)35-20-22-37(23-21-35)50-36-16-9-6-10-17-36/h5-26,31,39H,4,27-29H2,1-3H3,(H,43,47)/t31-,39+/m0/s1. The fourth-order valence-electron chi connectivity index (χ4n) is 5.50. The van der Waals surface area contributed by atoms with Crippen molar-refractivity contribution in [3.63, 3.8) is 0 Å². The molecule has 2 atom stereocenters. The van der Waals surface area contributed by atoms with E-state index in [9.17, 15) is 18.0 Å². The Morgan fingerprint density at radius 3 is 2.02 bits per heavy atom. The molecule has 0 radical (unpaired) electrons. The van der Waals surface area contributed by atoms with Gasteiger partial charge in [0.2, 0.25) is 11.8 Å². The van der Waals surface area contributed by atoms with E-state index in [2.05, 4.69) is 21.2 Å². The molecule has 0 saturated carbocycles. The van der Waals surface area contributed by atoms with Gasteiger partial charge < -0.3 is 15.0 Å². The molecule has 0 aliphatic rings. The number of amides is 2. The Bertz CT molecular complexity index is 2010. The lowest BCUT2D eigenvalue weighted by Crippen LogP contribution is -2.54. The van der Waals surface area contributed by atoms with Crippen molar-refractivity contribution in [3.8, 4) is 11.5 Å². The first-order valence-corrected chi connectivity index (χ1v) is 19.1. The predicted octanol–water partition coefficient (Wildman–Crippen LogP) is 8.30. The molecule has 0 bridgehead atoms. The SMILES string of the molecule is CC[C@H](C)NC(=O)[C@@H](Cc1ccccc1)N(Cc1cccc(Br)c1)C(=O)CN(c1ccc(Oc2ccccc2)cc1)S(=O)(=O)c1ccc(C)cc1. The van der Waals surface area contributed by atoms with Crippen molar-refractivity contribution >= 4 is 43.5 Å². The summed E-state index contributed by atoms with van der Waals surface area (Å²) in [5.74, 6) is 0.292. The maximum absolute atomic E-state index is 14.8. The molecule has 5 rings (SSSR count). The normalized spacial score (nSPS) is 12.4. The maximum atomic E-state index is 14.8. The lowest BCUT2D eigenvalue weighted by Gasteiger charge is -2.34. The zero-order chi connectivity index (χ0) is 36.4. The molecule has 0 unspecified atom stereocenters. The lowest BCUT2D eigenvalue weighted by molar-refractivity contribution is -0.140. The monoisotopic (exact) mass is 767 g/mol. The number of nitrogens with zero attached hydrogens (tertiary/aromatic N) is 2. The van der Waals surface area contributed by atoms with Gasteiger partial charge >= 0.3 is 0 Å². The summed E-state index contributed by atoms with van der Waals surface area (Å²) in [5, 5.41) is 3.07.